The van der Waals surface area contributed by atoms with Crippen molar-refractivity contribution in [2.24, 2.45) is 11.8 Å². The molecule has 2 aliphatic heterocycles. The average molecular weight is 276 g/mol. The van der Waals surface area contributed by atoms with E-state index in [1.54, 1.807) is 0 Å². The summed E-state index contributed by atoms with van der Waals surface area (Å²) in [5.74, 6) is 3.01. The highest BCUT2D eigenvalue weighted by Crippen LogP contribution is 2.36. The highest BCUT2D eigenvalue weighted by Gasteiger charge is 2.44. The summed E-state index contributed by atoms with van der Waals surface area (Å²) >= 11 is 0. The van der Waals surface area contributed by atoms with E-state index in [1.807, 2.05) is 12.3 Å². The molecule has 0 aromatic carbocycles. The number of hydrogen-bond donors (Lipinski definition) is 1. The van der Waals surface area contributed by atoms with E-state index in [1.165, 1.54) is 0 Å². The van der Waals surface area contributed by atoms with Gasteiger partial charge in [-0.3, -0.25) is 0 Å². The SMILES string of the molecule is CCCOc1ccnc(N2CC3CNCC3C2CC)n1. The van der Waals surface area contributed by atoms with E-state index in [2.05, 4.69) is 34.0 Å². The summed E-state index contributed by atoms with van der Waals surface area (Å²) < 4.78 is 5.63. The van der Waals surface area contributed by atoms with Crippen molar-refractivity contribution in [3.05, 3.63) is 12.3 Å². The maximum absolute atomic E-state index is 5.63. The van der Waals surface area contributed by atoms with E-state index >= 15 is 0 Å². The number of nitrogens with one attached hydrogen (secondary N) is 1. The normalized spacial score (nSPS) is 28.7. The smallest absolute Gasteiger partial charge is 0.228 e. The molecule has 3 rings (SSSR count). The fraction of sp³-hybridized carbons (Fsp3) is 0.733. The van der Waals surface area contributed by atoms with Gasteiger partial charge in [0, 0.05) is 37.9 Å². The molecule has 20 heavy (non-hydrogen) atoms. The summed E-state index contributed by atoms with van der Waals surface area (Å²) in [6.45, 7) is 8.39. The van der Waals surface area contributed by atoms with Crippen molar-refractivity contribution in [2.75, 3.05) is 31.1 Å². The second-order valence-electron chi connectivity index (χ2n) is 5.75. The van der Waals surface area contributed by atoms with Crippen LogP contribution < -0.4 is 15.0 Å². The maximum Gasteiger partial charge on any atom is 0.228 e. The molecule has 3 heterocycles. The Labute approximate surface area is 120 Å². The minimum absolute atomic E-state index is 0.552. The van der Waals surface area contributed by atoms with Crippen molar-refractivity contribution in [2.45, 2.75) is 32.7 Å². The van der Waals surface area contributed by atoms with Gasteiger partial charge in [0.25, 0.3) is 0 Å². The van der Waals surface area contributed by atoms with Crippen molar-refractivity contribution in [3.63, 3.8) is 0 Å². The molecule has 0 amide bonds. The minimum Gasteiger partial charge on any atom is -0.478 e. The van der Waals surface area contributed by atoms with Gasteiger partial charge < -0.3 is 15.0 Å². The average Bonchev–Trinajstić information content (AvgIpc) is 3.05. The van der Waals surface area contributed by atoms with Crippen LogP contribution in [-0.4, -0.2) is 42.3 Å². The molecule has 2 saturated heterocycles. The molecule has 5 heteroatoms. The Morgan fingerprint density at radius 2 is 2.30 bits per heavy atom. The summed E-state index contributed by atoms with van der Waals surface area (Å²) in [5, 5.41) is 3.51. The summed E-state index contributed by atoms with van der Waals surface area (Å²) in [5.41, 5.74) is 0. The van der Waals surface area contributed by atoms with Crippen LogP contribution in [0.1, 0.15) is 26.7 Å². The van der Waals surface area contributed by atoms with Crippen LogP contribution in [0, 0.1) is 11.8 Å². The predicted octanol–water partition coefficient (Wildman–Crippen LogP) is 1.70. The first kappa shape index (κ1) is 13.6. The lowest BCUT2D eigenvalue weighted by atomic mass is 9.93. The minimum atomic E-state index is 0.552. The lowest BCUT2D eigenvalue weighted by molar-refractivity contribution is 0.304. The molecule has 0 spiro atoms. The van der Waals surface area contributed by atoms with Crippen molar-refractivity contribution in [3.8, 4) is 5.88 Å². The van der Waals surface area contributed by atoms with Gasteiger partial charge >= 0.3 is 0 Å². The fourth-order valence-electron chi connectivity index (χ4n) is 3.53. The quantitative estimate of drug-likeness (QED) is 0.887. The third kappa shape index (κ3) is 2.46. The van der Waals surface area contributed by atoms with Crippen LogP contribution in [0.25, 0.3) is 0 Å². The number of aromatic nitrogens is 2. The number of rotatable bonds is 5. The van der Waals surface area contributed by atoms with Crippen molar-refractivity contribution < 1.29 is 4.74 Å². The first-order chi connectivity index (χ1) is 9.83. The van der Waals surface area contributed by atoms with Crippen LogP contribution in [-0.2, 0) is 0 Å². The zero-order valence-corrected chi connectivity index (χ0v) is 12.4. The Balaban J connectivity index is 1.78. The topological polar surface area (TPSA) is 50.3 Å². The Bertz CT molecular complexity index is 453. The molecule has 1 aromatic rings. The summed E-state index contributed by atoms with van der Waals surface area (Å²) in [4.78, 5) is 11.4. The monoisotopic (exact) mass is 276 g/mol. The van der Waals surface area contributed by atoms with Crippen LogP contribution in [0.4, 0.5) is 5.95 Å². The number of ether oxygens (including phenoxy) is 1. The molecule has 0 saturated carbocycles. The van der Waals surface area contributed by atoms with Gasteiger partial charge in [0.05, 0.1) is 6.61 Å². The molecule has 0 radical (unpaired) electrons. The first-order valence-corrected chi connectivity index (χ1v) is 7.76. The van der Waals surface area contributed by atoms with E-state index in [9.17, 15) is 0 Å². The Morgan fingerprint density at radius 3 is 3.10 bits per heavy atom. The Morgan fingerprint density at radius 1 is 1.40 bits per heavy atom. The largest absolute Gasteiger partial charge is 0.478 e. The third-order valence-corrected chi connectivity index (χ3v) is 4.46. The lowest BCUT2D eigenvalue weighted by Crippen LogP contribution is -2.36. The van der Waals surface area contributed by atoms with E-state index in [4.69, 9.17) is 4.74 Å². The standard InChI is InChI=1S/C15H24N4O/c1-3-7-20-14-5-6-17-15(18-14)19-10-11-8-16-9-12(11)13(19)4-2/h5-6,11-13,16H,3-4,7-10H2,1-2H3. The number of hydrogen-bond acceptors (Lipinski definition) is 5. The fourth-order valence-corrected chi connectivity index (χ4v) is 3.53. The molecular formula is C15H24N4O. The van der Waals surface area contributed by atoms with E-state index in [0.29, 0.717) is 18.5 Å². The van der Waals surface area contributed by atoms with Gasteiger partial charge in [0.15, 0.2) is 0 Å². The van der Waals surface area contributed by atoms with E-state index in [-0.39, 0.29) is 0 Å². The molecule has 2 fully saturated rings. The van der Waals surface area contributed by atoms with Gasteiger partial charge in [-0.25, -0.2) is 4.98 Å². The van der Waals surface area contributed by atoms with Crippen LogP contribution in [0.3, 0.4) is 0 Å². The van der Waals surface area contributed by atoms with Crippen molar-refractivity contribution >= 4 is 5.95 Å². The van der Waals surface area contributed by atoms with Crippen LogP contribution in [0.15, 0.2) is 12.3 Å². The second-order valence-corrected chi connectivity index (χ2v) is 5.75. The van der Waals surface area contributed by atoms with Gasteiger partial charge in [-0.2, -0.15) is 4.98 Å². The molecule has 0 aliphatic carbocycles. The number of fused-ring (bicyclic) bond motifs is 1. The Kier molecular flexibility index (Phi) is 4.05. The number of anilines is 1. The van der Waals surface area contributed by atoms with Gasteiger partial charge in [-0.1, -0.05) is 13.8 Å². The van der Waals surface area contributed by atoms with Gasteiger partial charge in [-0.05, 0) is 24.7 Å². The van der Waals surface area contributed by atoms with Gasteiger partial charge in [0.2, 0.25) is 11.8 Å². The molecule has 110 valence electrons. The summed E-state index contributed by atoms with van der Waals surface area (Å²) in [7, 11) is 0. The lowest BCUT2D eigenvalue weighted by Gasteiger charge is -2.26. The van der Waals surface area contributed by atoms with Crippen LogP contribution in [0.5, 0.6) is 5.88 Å². The predicted molar refractivity (Wildman–Crippen MR) is 79.1 cm³/mol. The zero-order valence-electron chi connectivity index (χ0n) is 12.4. The Hall–Kier alpha value is -1.36. The molecular weight excluding hydrogens is 252 g/mol. The number of nitrogens with zero attached hydrogens (tertiary/aromatic N) is 3. The van der Waals surface area contributed by atoms with Crippen molar-refractivity contribution in [1.29, 1.82) is 0 Å². The second kappa shape index (κ2) is 5.95. The molecule has 1 aromatic heterocycles. The molecule has 3 unspecified atom stereocenters. The highest BCUT2D eigenvalue weighted by atomic mass is 16.5. The highest BCUT2D eigenvalue weighted by molar-refractivity contribution is 5.37. The van der Waals surface area contributed by atoms with E-state index < -0.39 is 0 Å². The molecule has 0 bridgehead atoms. The van der Waals surface area contributed by atoms with Crippen molar-refractivity contribution in [1.82, 2.24) is 15.3 Å². The first-order valence-electron chi connectivity index (χ1n) is 7.76. The zero-order chi connectivity index (χ0) is 13.9. The maximum atomic E-state index is 5.63. The molecule has 5 nitrogen and oxygen atoms in total. The van der Waals surface area contributed by atoms with Gasteiger partial charge in [0.1, 0.15) is 0 Å². The molecule has 3 atom stereocenters. The van der Waals surface area contributed by atoms with E-state index in [0.717, 1.165) is 50.3 Å². The summed E-state index contributed by atoms with van der Waals surface area (Å²) in [6.07, 6.45) is 3.95. The summed E-state index contributed by atoms with van der Waals surface area (Å²) in [6, 6.07) is 2.40. The van der Waals surface area contributed by atoms with Crippen LogP contribution in [0.2, 0.25) is 0 Å². The van der Waals surface area contributed by atoms with Crippen LogP contribution >= 0.6 is 0 Å². The third-order valence-electron chi connectivity index (χ3n) is 4.46. The molecule has 1 N–H and O–H groups in total. The van der Waals surface area contributed by atoms with Gasteiger partial charge in [-0.15, -0.1) is 0 Å². The molecule has 2 aliphatic rings.